The SMILES string of the molecule is O=C(CN1CCN(Cc2ccc(Cl)cc2)CC1)NN1C(=O)NC2(CCCCC2)C1=O. The highest BCUT2D eigenvalue weighted by molar-refractivity contribution is 6.30. The first-order chi connectivity index (χ1) is 14.4. The van der Waals surface area contributed by atoms with Crippen LogP contribution in [0.2, 0.25) is 5.02 Å². The number of urea groups is 1. The number of hydrazine groups is 1. The van der Waals surface area contributed by atoms with Crippen LogP contribution < -0.4 is 10.7 Å². The Morgan fingerprint density at radius 2 is 1.63 bits per heavy atom. The van der Waals surface area contributed by atoms with E-state index in [0.717, 1.165) is 62.0 Å². The van der Waals surface area contributed by atoms with E-state index in [1.54, 1.807) is 0 Å². The lowest BCUT2D eigenvalue weighted by molar-refractivity contribution is -0.140. The molecule has 0 aromatic heterocycles. The van der Waals surface area contributed by atoms with Crippen molar-refractivity contribution in [2.75, 3.05) is 32.7 Å². The third-order valence-electron chi connectivity index (χ3n) is 6.26. The maximum atomic E-state index is 12.8. The molecule has 0 atom stereocenters. The summed E-state index contributed by atoms with van der Waals surface area (Å²) in [5, 5.41) is 4.41. The van der Waals surface area contributed by atoms with Crippen molar-refractivity contribution in [1.29, 1.82) is 0 Å². The molecule has 1 aromatic rings. The van der Waals surface area contributed by atoms with Crippen LogP contribution in [-0.4, -0.2) is 70.9 Å². The lowest BCUT2D eigenvalue weighted by Crippen LogP contribution is -2.54. The Bertz CT molecular complexity index is 801. The van der Waals surface area contributed by atoms with Gasteiger partial charge in [0, 0.05) is 37.7 Å². The highest BCUT2D eigenvalue weighted by Gasteiger charge is 2.52. The molecule has 0 radical (unpaired) electrons. The summed E-state index contributed by atoms with van der Waals surface area (Å²) in [5.41, 5.74) is 2.90. The standard InChI is InChI=1S/C21H28ClN5O3/c22-17-6-4-16(5-7-17)14-25-10-12-26(13-11-25)15-18(28)24-27-19(29)21(23-20(27)30)8-2-1-3-9-21/h4-7H,1-3,8-15H2,(H,23,30)(H,24,28). The van der Waals surface area contributed by atoms with Gasteiger partial charge in [-0.05, 0) is 30.5 Å². The number of piperazine rings is 1. The van der Waals surface area contributed by atoms with Crippen LogP contribution in [0.4, 0.5) is 4.79 Å². The Hall–Kier alpha value is -2.16. The van der Waals surface area contributed by atoms with Crippen molar-refractivity contribution in [1.82, 2.24) is 25.6 Å². The number of hydrogen-bond acceptors (Lipinski definition) is 5. The van der Waals surface area contributed by atoms with Crippen molar-refractivity contribution in [2.45, 2.75) is 44.2 Å². The van der Waals surface area contributed by atoms with Crippen molar-refractivity contribution in [3.05, 3.63) is 34.9 Å². The van der Waals surface area contributed by atoms with Gasteiger partial charge in [0.05, 0.1) is 6.54 Å². The summed E-state index contributed by atoms with van der Waals surface area (Å²) in [6, 6.07) is 7.32. The predicted octanol–water partition coefficient (Wildman–Crippen LogP) is 1.74. The van der Waals surface area contributed by atoms with Crippen LogP contribution in [0.15, 0.2) is 24.3 Å². The normalized spacial score (nSPS) is 22.4. The fourth-order valence-electron chi connectivity index (χ4n) is 4.53. The second kappa shape index (κ2) is 8.91. The maximum absolute atomic E-state index is 12.8. The van der Waals surface area contributed by atoms with Crippen molar-refractivity contribution in [3.63, 3.8) is 0 Å². The number of carbonyl (C=O) groups is 3. The van der Waals surface area contributed by atoms with Gasteiger partial charge in [0.15, 0.2) is 0 Å². The molecule has 2 heterocycles. The molecule has 1 saturated carbocycles. The first-order valence-electron chi connectivity index (χ1n) is 10.6. The molecule has 2 aliphatic heterocycles. The molecule has 8 nitrogen and oxygen atoms in total. The molecule has 3 fully saturated rings. The van der Waals surface area contributed by atoms with Gasteiger partial charge in [-0.25, -0.2) is 4.79 Å². The zero-order valence-electron chi connectivity index (χ0n) is 17.0. The van der Waals surface area contributed by atoms with Gasteiger partial charge in [-0.3, -0.25) is 24.8 Å². The van der Waals surface area contributed by atoms with Gasteiger partial charge in [0.2, 0.25) is 0 Å². The minimum atomic E-state index is -0.824. The Morgan fingerprint density at radius 1 is 1.00 bits per heavy atom. The van der Waals surface area contributed by atoms with Crippen LogP contribution in [0.5, 0.6) is 0 Å². The van der Waals surface area contributed by atoms with Gasteiger partial charge in [0.1, 0.15) is 5.54 Å². The van der Waals surface area contributed by atoms with Crippen LogP contribution in [0.1, 0.15) is 37.7 Å². The topological polar surface area (TPSA) is 85.0 Å². The third-order valence-corrected chi connectivity index (χ3v) is 6.51. The lowest BCUT2D eigenvalue weighted by atomic mass is 9.82. The Labute approximate surface area is 181 Å². The number of rotatable bonds is 5. The molecule has 1 spiro atoms. The zero-order valence-corrected chi connectivity index (χ0v) is 17.8. The molecule has 3 aliphatic rings. The fourth-order valence-corrected chi connectivity index (χ4v) is 4.66. The average Bonchev–Trinajstić information content (AvgIpc) is 2.95. The molecular formula is C21H28ClN5O3. The summed E-state index contributed by atoms with van der Waals surface area (Å²) in [7, 11) is 0. The summed E-state index contributed by atoms with van der Waals surface area (Å²) >= 11 is 5.94. The van der Waals surface area contributed by atoms with Gasteiger partial charge in [0.25, 0.3) is 11.8 Å². The predicted molar refractivity (Wildman–Crippen MR) is 113 cm³/mol. The average molecular weight is 434 g/mol. The van der Waals surface area contributed by atoms with E-state index in [0.29, 0.717) is 12.8 Å². The molecule has 0 unspecified atom stereocenters. The van der Waals surface area contributed by atoms with Crippen LogP contribution in [0.25, 0.3) is 0 Å². The minimum absolute atomic E-state index is 0.166. The third kappa shape index (κ3) is 4.61. The molecule has 162 valence electrons. The summed E-state index contributed by atoms with van der Waals surface area (Å²) in [4.78, 5) is 41.9. The van der Waals surface area contributed by atoms with E-state index in [1.165, 1.54) is 5.56 Å². The fraction of sp³-hybridized carbons (Fsp3) is 0.571. The molecule has 30 heavy (non-hydrogen) atoms. The molecular weight excluding hydrogens is 406 g/mol. The molecule has 2 N–H and O–H groups in total. The summed E-state index contributed by atoms with van der Waals surface area (Å²) < 4.78 is 0. The van der Waals surface area contributed by atoms with Crippen LogP contribution in [0.3, 0.4) is 0 Å². The first kappa shape index (κ1) is 21.1. The second-order valence-electron chi connectivity index (χ2n) is 8.43. The second-order valence-corrected chi connectivity index (χ2v) is 8.86. The molecule has 1 aliphatic carbocycles. The van der Waals surface area contributed by atoms with Gasteiger partial charge in [-0.15, -0.1) is 0 Å². The molecule has 0 bridgehead atoms. The van der Waals surface area contributed by atoms with Crippen molar-refractivity contribution >= 4 is 29.4 Å². The number of benzene rings is 1. The van der Waals surface area contributed by atoms with Crippen LogP contribution >= 0.6 is 11.6 Å². The van der Waals surface area contributed by atoms with Crippen LogP contribution in [0, 0.1) is 0 Å². The molecule has 1 aromatic carbocycles. The van der Waals surface area contributed by atoms with Crippen molar-refractivity contribution in [2.24, 2.45) is 0 Å². The van der Waals surface area contributed by atoms with Gasteiger partial charge in [-0.2, -0.15) is 5.01 Å². The smallest absolute Gasteiger partial charge is 0.322 e. The van der Waals surface area contributed by atoms with Gasteiger partial charge in [-0.1, -0.05) is 43.0 Å². The number of hydrogen-bond donors (Lipinski definition) is 2. The first-order valence-corrected chi connectivity index (χ1v) is 11.0. The van der Waals surface area contributed by atoms with Gasteiger partial charge < -0.3 is 5.32 Å². The number of nitrogens with one attached hydrogen (secondary N) is 2. The Morgan fingerprint density at radius 3 is 2.30 bits per heavy atom. The number of carbonyl (C=O) groups excluding carboxylic acids is 3. The highest BCUT2D eigenvalue weighted by atomic mass is 35.5. The molecule has 2 saturated heterocycles. The quantitative estimate of drug-likeness (QED) is 0.691. The molecule has 4 amide bonds. The van der Waals surface area contributed by atoms with Crippen LogP contribution in [-0.2, 0) is 16.1 Å². The number of halogens is 1. The summed E-state index contributed by atoms with van der Waals surface area (Å²) in [6.45, 7) is 4.22. The van der Waals surface area contributed by atoms with E-state index in [-0.39, 0.29) is 18.4 Å². The van der Waals surface area contributed by atoms with Crippen molar-refractivity contribution < 1.29 is 14.4 Å². The monoisotopic (exact) mass is 433 g/mol. The van der Waals surface area contributed by atoms with Crippen molar-refractivity contribution in [3.8, 4) is 0 Å². The highest BCUT2D eigenvalue weighted by Crippen LogP contribution is 2.32. The van der Waals surface area contributed by atoms with Gasteiger partial charge >= 0.3 is 6.03 Å². The summed E-state index contributed by atoms with van der Waals surface area (Å²) in [6.07, 6.45) is 4.17. The van der Waals surface area contributed by atoms with E-state index in [1.807, 2.05) is 29.2 Å². The largest absolute Gasteiger partial charge is 0.344 e. The van der Waals surface area contributed by atoms with E-state index >= 15 is 0 Å². The van der Waals surface area contributed by atoms with E-state index in [9.17, 15) is 14.4 Å². The number of amides is 4. The Kier molecular flexibility index (Phi) is 6.26. The number of nitrogens with zero attached hydrogens (tertiary/aromatic N) is 3. The minimum Gasteiger partial charge on any atom is -0.322 e. The zero-order chi connectivity index (χ0) is 21.1. The molecule has 4 rings (SSSR count). The Balaban J connectivity index is 1.23. The van der Waals surface area contributed by atoms with E-state index in [4.69, 9.17) is 11.6 Å². The maximum Gasteiger partial charge on any atom is 0.344 e. The number of imide groups is 1. The lowest BCUT2D eigenvalue weighted by Gasteiger charge is -2.34. The molecule has 9 heteroatoms. The van der Waals surface area contributed by atoms with E-state index in [2.05, 4.69) is 15.6 Å². The summed E-state index contributed by atoms with van der Waals surface area (Å²) in [5.74, 6) is -0.661. The van der Waals surface area contributed by atoms with E-state index < -0.39 is 11.6 Å².